The van der Waals surface area contributed by atoms with Crippen LogP contribution in [0.3, 0.4) is 0 Å². The smallest absolute Gasteiger partial charge is 0.328 e. The van der Waals surface area contributed by atoms with Crippen molar-refractivity contribution in [1.29, 1.82) is 0 Å². The van der Waals surface area contributed by atoms with Gasteiger partial charge in [-0.05, 0) is 55.8 Å². The minimum absolute atomic E-state index is 0.183. The summed E-state index contributed by atoms with van der Waals surface area (Å²) in [5.74, 6) is 2.02. The lowest BCUT2D eigenvalue weighted by atomic mass is 9.73. The third-order valence-corrected chi connectivity index (χ3v) is 8.65. The summed E-state index contributed by atoms with van der Waals surface area (Å²) in [4.78, 5) is 28.9. The van der Waals surface area contributed by atoms with Gasteiger partial charge in [0.2, 0.25) is 0 Å². The predicted octanol–water partition coefficient (Wildman–Crippen LogP) is 4.01. The Hall–Kier alpha value is -2.90. The Bertz CT molecular complexity index is 1450. The number of H-pyrrole nitrogens is 1. The zero-order valence-corrected chi connectivity index (χ0v) is 19.4. The average Bonchev–Trinajstić information content (AvgIpc) is 3.42. The number of benzene rings is 2. The Labute approximate surface area is 195 Å². The van der Waals surface area contributed by atoms with Crippen LogP contribution in [-0.2, 0) is 13.0 Å². The highest BCUT2D eigenvalue weighted by atomic mass is 32.1. The number of hydrogen-bond donors (Lipinski definition) is 2. The van der Waals surface area contributed by atoms with Gasteiger partial charge in [0.1, 0.15) is 10.4 Å². The second kappa shape index (κ2) is 8.15. The highest BCUT2D eigenvalue weighted by molar-refractivity contribution is 7.25. The summed E-state index contributed by atoms with van der Waals surface area (Å²) in [6.45, 7) is 1.44. The van der Waals surface area contributed by atoms with Crippen molar-refractivity contribution < 1.29 is 4.74 Å². The van der Waals surface area contributed by atoms with Crippen molar-refractivity contribution in [3.05, 3.63) is 74.4 Å². The van der Waals surface area contributed by atoms with Crippen LogP contribution in [0.25, 0.3) is 20.3 Å². The van der Waals surface area contributed by atoms with Gasteiger partial charge in [0.15, 0.2) is 0 Å². The maximum atomic E-state index is 13.1. The van der Waals surface area contributed by atoms with Crippen LogP contribution in [0.1, 0.15) is 36.3 Å². The van der Waals surface area contributed by atoms with Gasteiger partial charge in [-0.25, -0.2) is 4.79 Å². The Balaban J connectivity index is 1.25. The number of aromatic amines is 1. The van der Waals surface area contributed by atoms with Gasteiger partial charge >= 0.3 is 5.69 Å². The molecule has 7 heteroatoms. The van der Waals surface area contributed by atoms with Crippen LogP contribution < -0.4 is 21.3 Å². The van der Waals surface area contributed by atoms with Crippen molar-refractivity contribution in [3.63, 3.8) is 0 Å². The van der Waals surface area contributed by atoms with Crippen LogP contribution in [0.5, 0.6) is 5.75 Å². The van der Waals surface area contributed by atoms with Gasteiger partial charge in [-0.1, -0.05) is 30.3 Å². The Morgan fingerprint density at radius 3 is 2.91 bits per heavy atom. The number of aromatic nitrogens is 2. The van der Waals surface area contributed by atoms with Crippen molar-refractivity contribution in [2.75, 3.05) is 13.7 Å². The van der Waals surface area contributed by atoms with E-state index in [0.717, 1.165) is 41.6 Å². The number of methoxy groups -OCH3 is 1. The SMILES string of the molecule is COc1cccc2c1[C@@H]1C(CCCn3c(=O)[nH]c4c(sc5ccccc54)c3=O)NC[C@@H]1CC2. The number of thiophene rings is 1. The zero-order chi connectivity index (χ0) is 22.5. The number of aryl methyl sites for hydroxylation is 1. The summed E-state index contributed by atoms with van der Waals surface area (Å²) in [6, 6.07) is 14.5. The number of fused-ring (bicyclic) bond motifs is 6. The van der Waals surface area contributed by atoms with Crippen LogP contribution in [0.4, 0.5) is 0 Å². The molecule has 3 atom stereocenters. The lowest BCUT2D eigenvalue weighted by Crippen LogP contribution is -2.35. The first-order chi connectivity index (χ1) is 16.2. The largest absolute Gasteiger partial charge is 0.496 e. The molecule has 170 valence electrons. The molecule has 0 radical (unpaired) electrons. The van der Waals surface area contributed by atoms with E-state index in [2.05, 4.69) is 28.5 Å². The molecule has 1 unspecified atom stereocenters. The fourth-order valence-electron chi connectivity index (χ4n) is 5.97. The fraction of sp³-hybridized carbons (Fsp3) is 0.385. The highest BCUT2D eigenvalue weighted by Gasteiger charge is 2.41. The second-order valence-electron chi connectivity index (χ2n) is 9.20. The molecule has 2 aliphatic rings. The summed E-state index contributed by atoms with van der Waals surface area (Å²) in [7, 11) is 1.75. The van der Waals surface area contributed by atoms with E-state index in [9.17, 15) is 9.59 Å². The second-order valence-corrected chi connectivity index (χ2v) is 10.3. The third-order valence-electron chi connectivity index (χ3n) is 7.49. The molecule has 33 heavy (non-hydrogen) atoms. The Morgan fingerprint density at radius 1 is 1.15 bits per heavy atom. The van der Waals surface area contributed by atoms with Crippen molar-refractivity contribution in [3.8, 4) is 5.75 Å². The number of nitrogens with zero attached hydrogens (tertiary/aromatic N) is 1. The molecule has 4 aromatic rings. The molecule has 0 bridgehead atoms. The van der Waals surface area contributed by atoms with E-state index in [1.807, 2.05) is 24.3 Å². The van der Waals surface area contributed by atoms with Gasteiger partial charge in [-0.15, -0.1) is 11.3 Å². The molecular formula is C26H27N3O3S. The third kappa shape index (κ3) is 3.33. The van der Waals surface area contributed by atoms with Crippen molar-refractivity contribution in [2.45, 2.75) is 44.2 Å². The topological polar surface area (TPSA) is 76.1 Å². The van der Waals surface area contributed by atoms with E-state index in [-0.39, 0.29) is 11.2 Å². The molecule has 1 aliphatic heterocycles. The molecule has 6 rings (SSSR count). The number of hydrogen-bond acceptors (Lipinski definition) is 5. The van der Waals surface area contributed by atoms with E-state index in [4.69, 9.17) is 4.74 Å². The molecule has 2 aromatic heterocycles. The molecule has 0 saturated carbocycles. The van der Waals surface area contributed by atoms with E-state index >= 15 is 0 Å². The lowest BCUT2D eigenvalue weighted by Gasteiger charge is -2.32. The van der Waals surface area contributed by atoms with Crippen LogP contribution in [0.2, 0.25) is 0 Å². The number of nitrogens with one attached hydrogen (secondary N) is 2. The van der Waals surface area contributed by atoms with E-state index in [1.165, 1.54) is 33.5 Å². The van der Waals surface area contributed by atoms with Gasteiger partial charge in [0, 0.05) is 34.2 Å². The average molecular weight is 462 g/mol. The Kier molecular flexibility index (Phi) is 5.11. The molecule has 1 aliphatic carbocycles. The molecule has 1 fully saturated rings. The van der Waals surface area contributed by atoms with Gasteiger partial charge in [-0.2, -0.15) is 0 Å². The zero-order valence-electron chi connectivity index (χ0n) is 18.6. The summed E-state index contributed by atoms with van der Waals surface area (Å²) >= 11 is 1.45. The minimum Gasteiger partial charge on any atom is -0.496 e. The molecule has 2 N–H and O–H groups in total. The first-order valence-electron chi connectivity index (χ1n) is 11.7. The number of rotatable bonds is 5. The molecule has 3 heterocycles. The summed E-state index contributed by atoms with van der Waals surface area (Å²) in [5, 5.41) is 4.66. The molecule has 1 saturated heterocycles. The summed E-state index contributed by atoms with van der Waals surface area (Å²) in [5.41, 5.74) is 2.91. The normalized spacial score (nSPS) is 21.9. The van der Waals surface area contributed by atoms with Gasteiger partial charge < -0.3 is 15.0 Å². The van der Waals surface area contributed by atoms with Crippen molar-refractivity contribution in [2.24, 2.45) is 5.92 Å². The lowest BCUT2D eigenvalue weighted by molar-refractivity contribution is 0.359. The van der Waals surface area contributed by atoms with E-state index in [1.54, 1.807) is 7.11 Å². The van der Waals surface area contributed by atoms with Crippen LogP contribution in [0, 0.1) is 5.92 Å². The minimum atomic E-state index is -0.321. The molecule has 2 aromatic carbocycles. The number of ether oxygens (including phenoxy) is 1. The Morgan fingerprint density at radius 2 is 2.03 bits per heavy atom. The molecule has 0 amide bonds. The van der Waals surface area contributed by atoms with Crippen molar-refractivity contribution >= 4 is 31.6 Å². The molecule has 6 nitrogen and oxygen atoms in total. The highest BCUT2D eigenvalue weighted by Crippen LogP contribution is 2.46. The van der Waals surface area contributed by atoms with Gasteiger partial charge in [0.05, 0.1) is 12.6 Å². The van der Waals surface area contributed by atoms with Crippen molar-refractivity contribution in [1.82, 2.24) is 14.9 Å². The standard InChI is InChI=1S/C26H27N3O3S/c1-32-19-9-4-6-15-11-12-16-14-27-18(21(16)22(15)19)8-5-13-29-25(30)24-23(28-26(29)31)17-7-2-3-10-20(17)33-24/h2-4,6-7,9-10,16,18,21,27H,5,8,11-14H2,1H3,(H,28,31)/t16-,18?,21-/m0/s1. The van der Waals surface area contributed by atoms with Gasteiger partial charge in [-0.3, -0.25) is 9.36 Å². The maximum absolute atomic E-state index is 13.1. The summed E-state index contributed by atoms with van der Waals surface area (Å²) < 4.78 is 8.74. The maximum Gasteiger partial charge on any atom is 0.328 e. The monoisotopic (exact) mass is 461 g/mol. The van der Waals surface area contributed by atoms with Gasteiger partial charge in [0.25, 0.3) is 5.56 Å². The van der Waals surface area contributed by atoms with Crippen LogP contribution >= 0.6 is 11.3 Å². The van der Waals surface area contributed by atoms with E-state index < -0.39 is 0 Å². The van der Waals surface area contributed by atoms with Crippen LogP contribution in [-0.4, -0.2) is 29.2 Å². The fourth-order valence-corrected chi connectivity index (χ4v) is 7.08. The predicted molar refractivity (Wildman–Crippen MR) is 133 cm³/mol. The molecule has 0 spiro atoms. The van der Waals surface area contributed by atoms with Crippen LogP contribution in [0.15, 0.2) is 52.1 Å². The molecular weight excluding hydrogens is 434 g/mol. The first kappa shape index (κ1) is 20.7. The quantitative estimate of drug-likeness (QED) is 0.471. The van der Waals surface area contributed by atoms with E-state index in [0.29, 0.717) is 34.6 Å². The summed E-state index contributed by atoms with van der Waals surface area (Å²) in [6.07, 6.45) is 3.97. The first-order valence-corrected chi connectivity index (χ1v) is 12.5.